The predicted molar refractivity (Wildman–Crippen MR) is 77.3 cm³/mol. The Morgan fingerprint density at radius 1 is 1.14 bits per heavy atom. The lowest BCUT2D eigenvalue weighted by Crippen LogP contribution is -2.44. The van der Waals surface area contributed by atoms with Crippen LogP contribution in [0, 0.1) is 0 Å². The van der Waals surface area contributed by atoms with Crippen molar-refractivity contribution in [1.82, 2.24) is 8.61 Å². The summed E-state index contributed by atoms with van der Waals surface area (Å²) in [5.74, 6) is 0. The molecule has 1 aliphatic heterocycles. The molecule has 4 nitrogen and oxygen atoms in total. The van der Waals surface area contributed by atoms with Gasteiger partial charge >= 0.3 is 6.18 Å². The van der Waals surface area contributed by atoms with Crippen LogP contribution in [0.5, 0.6) is 0 Å². The zero-order valence-electron chi connectivity index (χ0n) is 12.5. The van der Waals surface area contributed by atoms with E-state index in [1.807, 2.05) is 0 Å². The van der Waals surface area contributed by atoms with Gasteiger partial charge in [-0.1, -0.05) is 18.6 Å². The number of piperidine rings is 1. The molecule has 0 aliphatic carbocycles. The molecule has 0 radical (unpaired) electrons. The van der Waals surface area contributed by atoms with E-state index in [0.717, 1.165) is 29.3 Å². The number of benzene rings is 1. The molecule has 1 heterocycles. The summed E-state index contributed by atoms with van der Waals surface area (Å²) in [7, 11) is -0.687. The molecule has 1 aromatic carbocycles. The lowest BCUT2D eigenvalue weighted by Gasteiger charge is -2.36. The molecule has 1 fully saturated rings. The van der Waals surface area contributed by atoms with E-state index in [2.05, 4.69) is 0 Å². The maximum Gasteiger partial charge on any atom is 0.416 e. The number of hydrogen-bond donors (Lipinski definition) is 0. The molecule has 0 N–H and O–H groups in total. The molecule has 1 aromatic rings. The highest BCUT2D eigenvalue weighted by Gasteiger charge is 2.35. The highest BCUT2D eigenvalue weighted by atomic mass is 32.2. The summed E-state index contributed by atoms with van der Waals surface area (Å²) < 4.78 is 65.1. The minimum atomic E-state index is -4.39. The molecule has 0 spiro atoms. The first-order valence-corrected chi connectivity index (χ1v) is 8.40. The number of rotatable bonds is 3. The summed E-state index contributed by atoms with van der Waals surface area (Å²) in [4.78, 5) is 0. The fourth-order valence-electron chi connectivity index (χ4n) is 2.62. The Kier molecular flexibility index (Phi) is 4.84. The van der Waals surface area contributed by atoms with Gasteiger partial charge in [0.15, 0.2) is 0 Å². The van der Waals surface area contributed by atoms with E-state index in [4.69, 9.17) is 0 Å². The molecule has 124 valence electrons. The smallest absolute Gasteiger partial charge is 0.195 e. The van der Waals surface area contributed by atoms with Crippen molar-refractivity contribution < 1.29 is 21.6 Å². The van der Waals surface area contributed by atoms with Gasteiger partial charge < -0.3 is 0 Å². The molecule has 1 atom stereocenters. The second-order valence-corrected chi connectivity index (χ2v) is 7.63. The van der Waals surface area contributed by atoms with E-state index in [9.17, 15) is 21.6 Å². The molecule has 8 heteroatoms. The second-order valence-electron chi connectivity index (χ2n) is 5.53. The van der Waals surface area contributed by atoms with Gasteiger partial charge in [-0.15, -0.1) is 0 Å². The fourth-order valence-corrected chi connectivity index (χ4v) is 3.95. The summed E-state index contributed by atoms with van der Waals surface area (Å²) in [6, 6.07) is 4.34. The van der Waals surface area contributed by atoms with Crippen LogP contribution in [0.4, 0.5) is 13.2 Å². The highest BCUT2D eigenvalue weighted by Crippen LogP contribution is 2.35. The molecular formula is C14H19F3N2O2S. The van der Waals surface area contributed by atoms with E-state index in [0.29, 0.717) is 18.5 Å². The monoisotopic (exact) mass is 336 g/mol. The van der Waals surface area contributed by atoms with Gasteiger partial charge in [-0.3, -0.25) is 0 Å². The lowest BCUT2D eigenvalue weighted by atomic mass is 9.96. The highest BCUT2D eigenvalue weighted by molar-refractivity contribution is 7.86. The Morgan fingerprint density at radius 3 is 2.23 bits per heavy atom. The van der Waals surface area contributed by atoms with Crippen LogP contribution in [-0.2, 0) is 16.4 Å². The normalized spacial score (nSPS) is 21.3. The van der Waals surface area contributed by atoms with E-state index >= 15 is 0 Å². The van der Waals surface area contributed by atoms with Crippen molar-refractivity contribution in [2.24, 2.45) is 0 Å². The van der Waals surface area contributed by atoms with Crippen LogP contribution >= 0.6 is 0 Å². The van der Waals surface area contributed by atoms with Crippen LogP contribution in [0.1, 0.15) is 36.4 Å². The Bertz CT molecular complexity index is 612. The SMILES string of the molecule is CN(C)S(=O)(=O)N1CCCCC1c1ccc(C(F)(F)F)cc1. The number of halogens is 3. The minimum absolute atomic E-state index is 0.381. The van der Waals surface area contributed by atoms with Crippen molar-refractivity contribution in [3.8, 4) is 0 Å². The first-order chi connectivity index (χ1) is 10.1. The summed E-state index contributed by atoms with van der Waals surface area (Å²) in [6.45, 7) is 0.381. The van der Waals surface area contributed by atoms with Gasteiger partial charge in [0.2, 0.25) is 0 Å². The summed E-state index contributed by atoms with van der Waals surface area (Å²) in [6.07, 6.45) is -2.17. The molecule has 1 aliphatic rings. The van der Waals surface area contributed by atoms with Crippen LogP contribution in [0.2, 0.25) is 0 Å². The molecule has 1 saturated heterocycles. The zero-order valence-corrected chi connectivity index (χ0v) is 13.3. The van der Waals surface area contributed by atoms with Crippen LogP contribution in [-0.4, -0.2) is 37.7 Å². The third-order valence-corrected chi connectivity index (χ3v) is 5.79. The number of hydrogen-bond acceptors (Lipinski definition) is 2. The third-order valence-electron chi connectivity index (χ3n) is 3.83. The predicted octanol–water partition coefficient (Wildman–Crippen LogP) is 3.04. The van der Waals surface area contributed by atoms with Crippen LogP contribution in [0.15, 0.2) is 24.3 Å². The largest absolute Gasteiger partial charge is 0.416 e. The first-order valence-electron chi connectivity index (χ1n) is 7.00. The second kappa shape index (κ2) is 6.17. The Labute approximate surface area is 128 Å². The molecule has 0 aromatic heterocycles. The van der Waals surface area contributed by atoms with Gasteiger partial charge in [0.05, 0.1) is 11.6 Å². The molecular weight excluding hydrogens is 317 g/mol. The maximum absolute atomic E-state index is 12.6. The van der Waals surface area contributed by atoms with Gasteiger partial charge in [0, 0.05) is 20.6 Å². The van der Waals surface area contributed by atoms with Crippen molar-refractivity contribution in [2.45, 2.75) is 31.5 Å². The average Bonchev–Trinajstić information content (AvgIpc) is 2.46. The van der Waals surface area contributed by atoms with Gasteiger partial charge in [0.1, 0.15) is 0 Å². The molecule has 1 unspecified atom stereocenters. The average molecular weight is 336 g/mol. The van der Waals surface area contributed by atoms with Crippen molar-refractivity contribution >= 4 is 10.2 Å². The molecule has 0 saturated carbocycles. The Balaban J connectivity index is 2.32. The van der Waals surface area contributed by atoms with Crippen LogP contribution in [0.25, 0.3) is 0 Å². The summed E-state index contributed by atoms with van der Waals surface area (Å²) in [5, 5.41) is 0. The Morgan fingerprint density at radius 2 is 1.73 bits per heavy atom. The lowest BCUT2D eigenvalue weighted by molar-refractivity contribution is -0.137. The minimum Gasteiger partial charge on any atom is -0.195 e. The first kappa shape index (κ1) is 17.2. The maximum atomic E-state index is 12.6. The van der Waals surface area contributed by atoms with E-state index < -0.39 is 28.0 Å². The molecule has 0 amide bonds. The Hall–Kier alpha value is -1.12. The van der Waals surface area contributed by atoms with Crippen LogP contribution in [0.3, 0.4) is 0 Å². The van der Waals surface area contributed by atoms with Crippen molar-refractivity contribution in [3.05, 3.63) is 35.4 Å². The van der Waals surface area contributed by atoms with Crippen molar-refractivity contribution in [2.75, 3.05) is 20.6 Å². The van der Waals surface area contributed by atoms with E-state index in [1.54, 1.807) is 0 Å². The summed E-state index contributed by atoms with van der Waals surface area (Å²) in [5.41, 5.74) is -0.132. The molecule has 2 rings (SSSR count). The van der Waals surface area contributed by atoms with Gasteiger partial charge in [-0.2, -0.15) is 30.2 Å². The van der Waals surface area contributed by atoms with Crippen molar-refractivity contribution in [3.63, 3.8) is 0 Å². The quantitative estimate of drug-likeness (QED) is 0.851. The standard InChI is InChI=1S/C14H19F3N2O2S/c1-18(2)22(20,21)19-10-4-3-5-13(19)11-6-8-12(9-7-11)14(15,16)17/h6-9,13H,3-5,10H2,1-2H3. The van der Waals surface area contributed by atoms with Gasteiger partial charge in [-0.05, 0) is 30.5 Å². The van der Waals surface area contributed by atoms with Crippen LogP contribution < -0.4 is 0 Å². The fraction of sp³-hybridized carbons (Fsp3) is 0.571. The van der Waals surface area contributed by atoms with Gasteiger partial charge in [0.25, 0.3) is 10.2 Å². The number of alkyl halides is 3. The summed E-state index contributed by atoms with van der Waals surface area (Å²) >= 11 is 0. The number of nitrogens with zero attached hydrogens (tertiary/aromatic N) is 2. The molecule has 0 bridgehead atoms. The van der Waals surface area contributed by atoms with E-state index in [-0.39, 0.29) is 0 Å². The van der Waals surface area contributed by atoms with Crippen molar-refractivity contribution in [1.29, 1.82) is 0 Å². The third kappa shape index (κ3) is 3.44. The molecule has 22 heavy (non-hydrogen) atoms. The van der Waals surface area contributed by atoms with Gasteiger partial charge in [-0.25, -0.2) is 0 Å². The zero-order chi connectivity index (χ0) is 16.5. The topological polar surface area (TPSA) is 40.6 Å². The van der Waals surface area contributed by atoms with E-state index in [1.165, 1.54) is 30.5 Å².